The van der Waals surface area contributed by atoms with Crippen molar-refractivity contribution in [2.24, 2.45) is 11.7 Å². The number of pyridine rings is 1. The first-order valence-electron chi connectivity index (χ1n) is 15.1. The average molecular weight is 607 g/mol. The zero-order valence-electron chi connectivity index (χ0n) is 24.4. The SMILES string of the molecule is CCOC(=O)[C@@]12C[C@H]1/C=C\CCCCC[C@H](N)C(=O)N1C[C@H](Oc3nc4ccccc4c4ccccc34)C[C@H]1C(=O)N2.Cl. The predicted octanol–water partition coefficient (Wildman–Crippen LogP) is 4.44. The van der Waals surface area contributed by atoms with Gasteiger partial charge in [-0.15, -0.1) is 12.4 Å². The maximum absolute atomic E-state index is 13.9. The number of allylic oxidation sites excluding steroid dienone is 1. The minimum absolute atomic E-state index is 0. The Hall–Kier alpha value is -3.69. The van der Waals surface area contributed by atoms with Crippen LogP contribution in [0.3, 0.4) is 0 Å². The van der Waals surface area contributed by atoms with Crippen LogP contribution >= 0.6 is 12.4 Å². The summed E-state index contributed by atoms with van der Waals surface area (Å²) in [6.45, 7) is 2.17. The molecule has 5 atom stereocenters. The average Bonchev–Trinajstić information content (AvgIpc) is 3.53. The summed E-state index contributed by atoms with van der Waals surface area (Å²) in [6.07, 6.45) is 8.51. The van der Waals surface area contributed by atoms with Gasteiger partial charge in [-0.2, -0.15) is 0 Å². The number of halogens is 1. The van der Waals surface area contributed by atoms with Crippen LogP contribution in [0.25, 0.3) is 21.7 Å². The number of hydrogen-bond donors (Lipinski definition) is 2. The lowest BCUT2D eigenvalue weighted by Gasteiger charge is -2.28. The van der Waals surface area contributed by atoms with Gasteiger partial charge in [0.15, 0.2) is 0 Å². The highest BCUT2D eigenvalue weighted by atomic mass is 35.5. The van der Waals surface area contributed by atoms with Crippen LogP contribution in [0.15, 0.2) is 60.7 Å². The van der Waals surface area contributed by atoms with Crippen LogP contribution in [0.5, 0.6) is 5.88 Å². The van der Waals surface area contributed by atoms with E-state index in [2.05, 4.69) is 11.4 Å². The number of rotatable bonds is 4. The number of nitrogens with one attached hydrogen (secondary N) is 1. The largest absolute Gasteiger partial charge is 0.472 e. The summed E-state index contributed by atoms with van der Waals surface area (Å²) >= 11 is 0. The Bertz CT molecular complexity index is 1550. The highest BCUT2D eigenvalue weighted by Crippen LogP contribution is 2.46. The van der Waals surface area contributed by atoms with E-state index in [9.17, 15) is 14.4 Å². The minimum atomic E-state index is -1.12. The van der Waals surface area contributed by atoms with Crippen molar-refractivity contribution >= 4 is 51.9 Å². The zero-order chi connectivity index (χ0) is 29.3. The third-order valence-corrected chi connectivity index (χ3v) is 8.77. The molecule has 0 bridgehead atoms. The monoisotopic (exact) mass is 606 g/mol. The van der Waals surface area contributed by atoms with Gasteiger partial charge in [-0.3, -0.25) is 9.59 Å². The standard InChI is InChI=1S/C33H38N4O5.ClH/c1-2-41-32(40)33-19-21(33)12-6-4-3-5-7-16-26(34)31(39)37-20-22(18-28(37)29(38)36-33)42-30-25-15-9-8-13-23(25)24-14-10-11-17-27(24)35-30;/h6,8-15,17,21-22,26,28H,2-5,7,16,18-20,34H2,1H3,(H,36,38);1H/b12-6-;/t21-,22-,26+,28+,33-;/m1./s1. The number of carbonyl (C=O) groups excluding carboxylic acids is 3. The number of nitrogens with two attached hydrogens (primary N) is 1. The van der Waals surface area contributed by atoms with Crippen LogP contribution in [0, 0.1) is 5.92 Å². The van der Waals surface area contributed by atoms with Crippen molar-refractivity contribution in [2.75, 3.05) is 13.2 Å². The molecule has 10 heteroatoms. The summed E-state index contributed by atoms with van der Waals surface area (Å²) < 4.78 is 11.9. The van der Waals surface area contributed by atoms with E-state index in [0.717, 1.165) is 47.4 Å². The fourth-order valence-corrected chi connectivity index (χ4v) is 6.41. The number of benzene rings is 2. The van der Waals surface area contributed by atoms with E-state index >= 15 is 0 Å². The zero-order valence-corrected chi connectivity index (χ0v) is 25.2. The smallest absolute Gasteiger partial charge is 0.332 e. The van der Waals surface area contributed by atoms with Gasteiger partial charge >= 0.3 is 5.97 Å². The van der Waals surface area contributed by atoms with E-state index < -0.39 is 35.6 Å². The summed E-state index contributed by atoms with van der Waals surface area (Å²) in [7, 11) is 0. The Labute approximate surface area is 257 Å². The molecule has 6 rings (SSSR count). The second-order valence-corrected chi connectivity index (χ2v) is 11.6. The molecule has 3 aliphatic rings. The summed E-state index contributed by atoms with van der Waals surface area (Å²) in [5.41, 5.74) is 6.07. The maximum Gasteiger partial charge on any atom is 0.332 e. The van der Waals surface area contributed by atoms with Crippen LogP contribution in [-0.2, 0) is 19.1 Å². The maximum atomic E-state index is 13.9. The molecule has 1 aromatic heterocycles. The van der Waals surface area contributed by atoms with Crippen LogP contribution in [0.2, 0.25) is 0 Å². The van der Waals surface area contributed by atoms with E-state index in [1.165, 1.54) is 0 Å². The summed E-state index contributed by atoms with van der Waals surface area (Å²) in [6, 6.07) is 14.3. The van der Waals surface area contributed by atoms with Crippen molar-refractivity contribution in [1.29, 1.82) is 0 Å². The number of ether oxygens (including phenoxy) is 2. The van der Waals surface area contributed by atoms with Gasteiger partial charge in [-0.1, -0.05) is 61.4 Å². The van der Waals surface area contributed by atoms with Gasteiger partial charge in [0.25, 0.3) is 0 Å². The van der Waals surface area contributed by atoms with Crippen molar-refractivity contribution in [3.63, 3.8) is 0 Å². The molecular formula is C33H39ClN4O5. The van der Waals surface area contributed by atoms with Crippen molar-refractivity contribution in [3.8, 4) is 5.88 Å². The van der Waals surface area contributed by atoms with E-state index in [0.29, 0.717) is 18.7 Å². The molecule has 3 aromatic rings. The number of hydrogen-bond acceptors (Lipinski definition) is 7. The van der Waals surface area contributed by atoms with Crippen molar-refractivity contribution in [1.82, 2.24) is 15.2 Å². The molecule has 9 nitrogen and oxygen atoms in total. The molecule has 1 saturated heterocycles. The molecule has 2 fully saturated rings. The highest BCUT2D eigenvalue weighted by molar-refractivity contribution is 6.07. The number of aromatic nitrogens is 1. The Morgan fingerprint density at radius 3 is 2.60 bits per heavy atom. The van der Waals surface area contributed by atoms with Gasteiger partial charge in [0.2, 0.25) is 17.7 Å². The number of para-hydroxylation sites is 1. The third-order valence-electron chi connectivity index (χ3n) is 8.77. The Morgan fingerprint density at radius 2 is 1.81 bits per heavy atom. The van der Waals surface area contributed by atoms with E-state index in [-0.39, 0.29) is 43.8 Å². The van der Waals surface area contributed by atoms with E-state index in [1.807, 2.05) is 54.6 Å². The molecule has 228 valence electrons. The molecule has 2 amide bonds. The number of esters is 1. The molecule has 3 N–H and O–H groups in total. The van der Waals surface area contributed by atoms with Crippen molar-refractivity contribution in [3.05, 3.63) is 60.7 Å². The molecule has 0 unspecified atom stereocenters. The van der Waals surface area contributed by atoms with Gasteiger partial charge in [-0.05, 0) is 50.1 Å². The normalized spacial score (nSPS) is 28.5. The Balaban J connectivity index is 0.00000368. The first-order valence-corrected chi connectivity index (χ1v) is 15.1. The predicted molar refractivity (Wildman–Crippen MR) is 167 cm³/mol. The number of amides is 2. The van der Waals surface area contributed by atoms with E-state index in [1.54, 1.807) is 11.8 Å². The first-order chi connectivity index (χ1) is 20.4. The fraction of sp³-hybridized carbons (Fsp3) is 0.455. The minimum Gasteiger partial charge on any atom is -0.472 e. The van der Waals surface area contributed by atoms with Crippen LogP contribution in [0.4, 0.5) is 0 Å². The molecule has 0 spiro atoms. The number of carbonyl (C=O) groups is 3. The highest BCUT2D eigenvalue weighted by Gasteiger charge is 2.62. The van der Waals surface area contributed by atoms with Crippen molar-refractivity contribution in [2.45, 2.75) is 75.6 Å². The summed E-state index contributed by atoms with van der Waals surface area (Å²) in [5.74, 6) is -0.785. The first kappa shape index (κ1) is 30.8. The van der Waals surface area contributed by atoms with E-state index in [4.69, 9.17) is 20.2 Å². The number of nitrogens with zero attached hydrogens (tertiary/aromatic N) is 2. The molecule has 3 heterocycles. The molecule has 1 aliphatic carbocycles. The van der Waals surface area contributed by atoms with Gasteiger partial charge in [0.05, 0.1) is 24.7 Å². The second kappa shape index (κ2) is 12.9. The fourth-order valence-electron chi connectivity index (χ4n) is 6.41. The van der Waals surface area contributed by atoms with Crippen LogP contribution < -0.4 is 15.8 Å². The van der Waals surface area contributed by atoms with Gasteiger partial charge in [0, 0.05) is 23.1 Å². The Morgan fingerprint density at radius 1 is 1.07 bits per heavy atom. The topological polar surface area (TPSA) is 124 Å². The van der Waals surface area contributed by atoms with Crippen LogP contribution in [-0.4, -0.2) is 64.5 Å². The van der Waals surface area contributed by atoms with Gasteiger partial charge in [0.1, 0.15) is 17.7 Å². The second-order valence-electron chi connectivity index (χ2n) is 11.6. The number of fused-ring (bicyclic) bond motifs is 5. The van der Waals surface area contributed by atoms with Crippen molar-refractivity contribution < 1.29 is 23.9 Å². The third kappa shape index (κ3) is 6.06. The molecule has 43 heavy (non-hydrogen) atoms. The molecule has 1 saturated carbocycles. The lowest BCUT2D eigenvalue weighted by Crippen LogP contribution is -2.55. The summed E-state index contributed by atoms with van der Waals surface area (Å²) in [4.78, 5) is 46.9. The van der Waals surface area contributed by atoms with Gasteiger partial charge < -0.3 is 25.4 Å². The summed E-state index contributed by atoms with van der Waals surface area (Å²) in [5, 5.41) is 5.90. The molecular weight excluding hydrogens is 568 g/mol. The lowest BCUT2D eigenvalue weighted by atomic mass is 10.1. The molecule has 2 aromatic carbocycles. The van der Waals surface area contributed by atoms with Crippen LogP contribution in [0.1, 0.15) is 51.9 Å². The Kier molecular flexibility index (Phi) is 9.22. The molecule has 0 radical (unpaired) electrons. The molecule has 2 aliphatic heterocycles. The lowest BCUT2D eigenvalue weighted by molar-refractivity contribution is -0.150. The van der Waals surface area contributed by atoms with Gasteiger partial charge in [-0.25, -0.2) is 9.78 Å². The quantitative estimate of drug-likeness (QED) is 0.256.